The second kappa shape index (κ2) is 9.22. The molecule has 0 amide bonds. The minimum Gasteiger partial charge on any atom is -0.498 e. The molecule has 6 heteroatoms. The van der Waals surface area contributed by atoms with Crippen molar-refractivity contribution in [1.82, 2.24) is 4.90 Å². The molecular weight excluding hydrogens is 341 g/mol. The molecule has 2 rings (SSSR count). The van der Waals surface area contributed by atoms with Gasteiger partial charge >= 0.3 is 19.1 Å². The van der Waals surface area contributed by atoms with E-state index < -0.39 is 7.12 Å². The molecule has 146 valence electrons. The first-order valence-electron chi connectivity index (χ1n) is 9.47. The lowest BCUT2D eigenvalue weighted by Gasteiger charge is -2.22. The number of carbonyl (C=O) groups excluding carboxylic acids is 2. The number of benzene rings is 1. The van der Waals surface area contributed by atoms with E-state index in [1.165, 1.54) is 11.1 Å². The largest absolute Gasteiger partial charge is 0.602 e. The first-order chi connectivity index (χ1) is 12.6. The Morgan fingerprint density at radius 2 is 1.67 bits per heavy atom. The van der Waals surface area contributed by atoms with Crippen molar-refractivity contribution in [2.75, 3.05) is 20.1 Å². The third-order valence-corrected chi connectivity index (χ3v) is 4.49. The van der Waals surface area contributed by atoms with Crippen LogP contribution in [0.5, 0.6) is 0 Å². The SMILES string of the molecule is CC(C=CCB1OC(=O)CN(C)CC(=O)O1)Cc1ccc(C(C)(C)C)cc1. The summed E-state index contributed by atoms with van der Waals surface area (Å²) in [5.74, 6) is -0.428. The molecule has 0 aromatic heterocycles. The van der Waals surface area contributed by atoms with E-state index in [9.17, 15) is 9.59 Å². The molecular formula is C21H30BNO4. The Morgan fingerprint density at radius 3 is 2.19 bits per heavy atom. The molecule has 1 aliphatic heterocycles. The molecule has 1 atom stereocenters. The summed E-state index contributed by atoms with van der Waals surface area (Å²) in [4.78, 5) is 25.0. The normalized spacial score (nSPS) is 18.0. The van der Waals surface area contributed by atoms with Gasteiger partial charge in [-0.2, -0.15) is 0 Å². The van der Waals surface area contributed by atoms with E-state index in [0.29, 0.717) is 12.2 Å². The van der Waals surface area contributed by atoms with Crippen LogP contribution in [0.1, 0.15) is 38.8 Å². The molecule has 27 heavy (non-hydrogen) atoms. The van der Waals surface area contributed by atoms with Crippen LogP contribution >= 0.6 is 0 Å². The zero-order valence-electron chi connectivity index (χ0n) is 17.0. The number of rotatable bonds is 5. The minimum absolute atomic E-state index is 0.0935. The monoisotopic (exact) mass is 371 g/mol. The molecule has 1 aromatic carbocycles. The van der Waals surface area contributed by atoms with Crippen LogP contribution in [0.3, 0.4) is 0 Å². The van der Waals surface area contributed by atoms with Crippen molar-refractivity contribution >= 4 is 19.1 Å². The molecule has 1 aliphatic rings. The minimum atomic E-state index is -0.840. The lowest BCUT2D eigenvalue weighted by molar-refractivity contribution is -0.145. The molecule has 1 aromatic rings. The summed E-state index contributed by atoms with van der Waals surface area (Å²) in [5, 5.41) is 0. The summed E-state index contributed by atoms with van der Waals surface area (Å²) in [6.07, 6.45) is 5.29. The lowest BCUT2D eigenvalue weighted by atomic mass is 9.83. The molecule has 0 spiro atoms. The Kier molecular flexibility index (Phi) is 7.25. The van der Waals surface area contributed by atoms with Crippen molar-refractivity contribution < 1.29 is 18.9 Å². The van der Waals surface area contributed by atoms with Crippen LogP contribution in [-0.4, -0.2) is 44.1 Å². The van der Waals surface area contributed by atoms with Gasteiger partial charge in [0.25, 0.3) is 0 Å². The number of nitrogens with zero attached hydrogens (tertiary/aromatic N) is 1. The van der Waals surface area contributed by atoms with Crippen LogP contribution in [0.4, 0.5) is 0 Å². The molecule has 1 saturated heterocycles. The maximum Gasteiger partial charge on any atom is 0.602 e. The number of likely N-dealkylation sites (N-methyl/N-ethyl adjacent to an activating group) is 1. The summed E-state index contributed by atoms with van der Waals surface area (Å²) < 4.78 is 10.4. The van der Waals surface area contributed by atoms with Crippen LogP contribution in [-0.2, 0) is 30.7 Å². The standard InChI is InChI=1S/C21H30BNO4/c1-16(13-17-8-10-18(11-9-17)21(2,3)4)7-6-12-22-26-19(24)14-23(5)15-20(25)27-22/h6-11,16H,12-15H2,1-5H3. The molecule has 0 saturated carbocycles. The van der Waals surface area contributed by atoms with Gasteiger partial charge < -0.3 is 9.31 Å². The average molecular weight is 371 g/mol. The van der Waals surface area contributed by atoms with Crippen LogP contribution in [0, 0.1) is 5.92 Å². The fourth-order valence-electron chi connectivity index (χ4n) is 2.99. The second-order valence-corrected chi connectivity index (χ2v) is 8.37. The van der Waals surface area contributed by atoms with E-state index in [1.54, 1.807) is 11.9 Å². The fraction of sp³-hybridized carbons (Fsp3) is 0.524. The van der Waals surface area contributed by atoms with Gasteiger partial charge in [-0.15, -0.1) is 0 Å². The number of allylic oxidation sites excluding steroid dienone is 2. The van der Waals surface area contributed by atoms with Gasteiger partial charge in [0, 0.05) is 6.32 Å². The fourth-order valence-corrected chi connectivity index (χ4v) is 2.99. The number of carbonyl (C=O) groups is 2. The van der Waals surface area contributed by atoms with Gasteiger partial charge in [-0.3, -0.25) is 14.5 Å². The molecule has 0 N–H and O–H groups in total. The van der Waals surface area contributed by atoms with E-state index in [-0.39, 0.29) is 30.4 Å². The van der Waals surface area contributed by atoms with Gasteiger partial charge in [-0.1, -0.05) is 64.1 Å². The lowest BCUT2D eigenvalue weighted by Crippen LogP contribution is -2.42. The third-order valence-electron chi connectivity index (χ3n) is 4.49. The Labute approximate surface area is 162 Å². The highest BCUT2D eigenvalue weighted by molar-refractivity contribution is 6.49. The van der Waals surface area contributed by atoms with Crippen molar-refractivity contribution in [1.29, 1.82) is 0 Å². The van der Waals surface area contributed by atoms with Crippen LogP contribution in [0.15, 0.2) is 36.4 Å². The Morgan fingerprint density at radius 1 is 1.11 bits per heavy atom. The van der Waals surface area contributed by atoms with Gasteiger partial charge in [-0.05, 0) is 35.9 Å². The van der Waals surface area contributed by atoms with Crippen molar-refractivity contribution in [3.05, 3.63) is 47.5 Å². The topological polar surface area (TPSA) is 55.8 Å². The molecule has 0 aliphatic carbocycles. The first kappa shape index (κ1) is 21.2. The number of hydrogen-bond donors (Lipinski definition) is 0. The summed E-state index contributed by atoms with van der Waals surface area (Å²) in [6.45, 7) is 8.95. The molecule has 1 unspecified atom stereocenters. The Bertz CT molecular complexity index is 658. The zero-order valence-corrected chi connectivity index (χ0v) is 17.0. The summed E-state index contributed by atoms with van der Waals surface area (Å²) in [6, 6.07) is 8.74. The molecule has 1 heterocycles. The van der Waals surface area contributed by atoms with E-state index in [2.05, 4.69) is 58.0 Å². The number of hydrogen-bond acceptors (Lipinski definition) is 5. The van der Waals surface area contributed by atoms with Crippen LogP contribution in [0.2, 0.25) is 6.32 Å². The van der Waals surface area contributed by atoms with Crippen LogP contribution in [0.25, 0.3) is 0 Å². The predicted molar refractivity (Wildman–Crippen MR) is 107 cm³/mol. The van der Waals surface area contributed by atoms with Crippen molar-refractivity contribution in [3.8, 4) is 0 Å². The molecule has 1 fully saturated rings. The van der Waals surface area contributed by atoms with E-state index in [0.717, 1.165) is 6.42 Å². The Hall–Kier alpha value is -2.08. The average Bonchev–Trinajstić information content (AvgIpc) is 2.52. The van der Waals surface area contributed by atoms with Gasteiger partial charge in [0.1, 0.15) is 0 Å². The van der Waals surface area contributed by atoms with Crippen LogP contribution < -0.4 is 0 Å². The van der Waals surface area contributed by atoms with E-state index in [4.69, 9.17) is 9.31 Å². The van der Waals surface area contributed by atoms with Crippen molar-refractivity contribution in [2.45, 2.75) is 45.9 Å². The first-order valence-corrected chi connectivity index (χ1v) is 9.47. The highest BCUT2D eigenvalue weighted by atomic mass is 16.6. The third kappa shape index (κ3) is 7.22. The van der Waals surface area contributed by atoms with Gasteiger partial charge in [0.15, 0.2) is 0 Å². The van der Waals surface area contributed by atoms with Gasteiger partial charge in [-0.25, -0.2) is 0 Å². The van der Waals surface area contributed by atoms with Crippen molar-refractivity contribution in [2.24, 2.45) is 5.92 Å². The molecule has 5 nitrogen and oxygen atoms in total. The quantitative estimate of drug-likeness (QED) is 0.588. The molecule has 0 bridgehead atoms. The zero-order chi connectivity index (χ0) is 20.0. The molecule has 0 radical (unpaired) electrons. The maximum atomic E-state index is 11.7. The van der Waals surface area contributed by atoms with E-state index >= 15 is 0 Å². The highest BCUT2D eigenvalue weighted by Crippen LogP contribution is 2.23. The second-order valence-electron chi connectivity index (χ2n) is 8.37. The predicted octanol–water partition coefficient (Wildman–Crippen LogP) is 3.24. The highest BCUT2D eigenvalue weighted by Gasteiger charge is 2.30. The van der Waals surface area contributed by atoms with E-state index in [1.807, 2.05) is 6.08 Å². The summed E-state index contributed by atoms with van der Waals surface area (Å²) >= 11 is 0. The summed E-state index contributed by atoms with van der Waals surface area (Å²) in [5.41, 5.74) is 2.77. The Balaban J connectivity index is 1.86. The van der Waals surface area contributed by atoms with Gasteiger partial charge in [0.2, 0.25) is 0 Å². The smallest absolute Gasteiger partial charge is 0.498 e. The maximum absolute atomic E-state index is 11.7. The summed E-state index contributed by atoms with van der Waals surface area (Å²) in [7, 11) is 0.839. The van der Waals surface area contributed by atoms with Gasteiger partial charge in [0.05, 0.1) is 13.1 Å². The van der Waals surface area contributed by atoms with Crippen molar-refractivity contribution in [3.63, 3.8) is 0 Å².